The summed E-state index contributed by atoms with van der Waals surface area (Å²) in [6, 6.07) is 1.49. The van der Waals surface area contributed by atoms with E-state index in [0.717, 1.165) is 0 Å². The summed E-state index contributed by atoms with van der Waals surface area (Å²) in [5, 5.41) is 58.6. The van der Waals surface area contributed by atoms with E-state index in [1.54, 1.807) is 6.92 Å². The van der Waals surface area contributed by atoms with Crippen molar-refractivity contribution in [1.82, 2.24) is 4.90 Å². The second kappa shape index (κ2) is 8.94. The lowest BCUT2D eigenvalue weighted by Gasteiger charge is -2.53. The van der Waals surface area contributed by atoms with Gasteiger partial charge in [-0.2, -0.15) is 0 Å². The Morgan fingerprint density at radius 3 is 2.35 bits per heavy atom. The van der Waals surface area contributed by atoms with Crippen molar-refractivity contribution in [2.24, 2.45) is 17.6 Å². The number of aliphatic hydroxyl groups excluding tert-OH is 3. The maximum absolute atomic E-state index is 13.9. The van der Waals surface area contributed by atoms with Crippen LogP contribution in [-0.2, 0) is 19.2 Å². The predicted octanol–water partition coefficient (Wildman–Crippen LogP) is -0.171. The third kappa shape index (κ3) is 3.52. The van der Waals surface area contributed by atoms with E-state index in [4.69, 9.17) is 5.73 Å². The molecule has 1 fully saturated rings. The summed E-state index contributed by atoms with van der Waals surface area (Å²) in [7, 11) is 2.87. The van der Waals surface area contributed by atoms with Crippen LogP contribution in [0.1, 0.15) is 24.0 Å². The minimum atomic E-state index is -2.99. The van der Waals surface area contributed by atoms with Crippen molar-refractivity contribution in [3.63, 3.8) is 0 Å². The van der Waals surface area contributed by atoms with Crippen molar-refractivity contribution >= 4 is 50.8 Å². The molecule has 3 aliphatic carbocycles. The summed E-state index contributed by atoms with van der Waals surface area (Å²) in [6.07, 6.45) is -1.68. The molecule has 8 N–H and O–H groups in total. The first-order valence-corrected chi connectivity index (χ1v) is 12.4. The summed E-state index contributed by atoms with van der Waals surface area (Å²) in [6.45, 7) is 1.62. The number of nitrogens with one attached hydrogen (secondary N) is 1. The number of phenolic OH excluding ortho intramolecular Hbond substituents is 1. The fourth-order valence-corrected chi connectivity index (χ4v) is 6.04. The van der Waals surface area contributed by atoms with Gasteiger partial charge in [-0.25, -0.2) is 0 Å². The van der Waals surface area contributed by atoms with E-state index in [9.17, 15) is 44.7 Å². The number of ketones is 2. The quantitative estimate of drug-likeness (QED) is 0.142. The second-order valence-corrected chi connectivity index (χ2v) is 10.2. The van der Waals surface area contributed by atoms with Gasteiger partial charge >= 0.3 is 0 Å². The van der Waals surface area contributed by atoms with Crippen LogP contribution >= 0.6 is 15.9 Å². The van der Waals surface area contributed by atoms with E-state index in [-0.39, 0.29) is 16.6 Å². The Kier molecular flexibility index (Phi) is 6.47. The minimum absolute atomic E-state index is 0.0592. The molecule has 0 saturated heterocycles. The van der Waals surface area contributed by atoms with Gasteiger partial charge in [0.05, 0.1) is 34.6 Å². The third-order valence-electron chi connectivity index (χ3n) is 7.52. The van der Waals surface area contributed by atoms with Gasteiger partial charge in [-0.3, -0.25) is 24.1 Å². The zero-order chi connectivity index (χ0) is 27.7. The highest BCUT2D eigenvalue weighted by Gasteiger charge is 2.68. The number of aromatic hydroxyl groups is 1. The molecule has 6 atom stereocenters. The number of carbonyl (C=O) groups excluding carboxylic acids is 4. The number of likely N-dealkylation sites (N-methyl/N-ethyl adjacent to an activating group) is 1. The Balaban J connectivity index is 2.01. The van der Waals surface area contributed by atoms with Crippen LogP contribution in [-0.4, -0.2) is 91.0 Å². The van der Waals surface area contributed by atoms with Crippen LogP contribution in [0, 0.1) is 11.8 Å². The van der Waals surface area contributed by atoms with Crippen molar-refractivity contribution in [2.75, 3.05) is 24.7 Å². The van der Waals surface area contributed by atoms with Crippen LogP contribution in [0.3, 0.4) is 0 Å². The molecule has 2 amide bonds. The molecule has 0 radical (unpaired) electrons. The van der Waals surface area contributed by atoms with Gasteiger partial charge < -0.3 is 36.6 Å². The topological polar surface area (TPSA) is 211 Å². The van der Waals surface area contributed by atoms with Crippen LogP contribution in [0.4, 0.5) is 5.69 Å². The van der Waals surface area contributed by atoms with E-state index in [0.29, 0.717) is 5.56 Å². The van der Waals surface area contributed by atoms with Gasteiger partial charge in [-0.15, -0.1) is 0 Å². The predicted molar refractivity (Wildman–Crippen MR) is 133 cm³/mol. The summed E-state index contributed by atoms with van der Waals surface area (Å²) in [4.78, 5) is 52.2. The molecular formula is C24H26BrN3O9. The third-order valence-corrected chi connectivity index (χ3v) is 8.03. The number of hydrogen-bond acceptors (Lipinski definition) is 10. The molecule has 1 aromatic rings. The van der Waals surface area contributed by atoms with Crippen LogP contribution in [0.15, 0.2) is 29.0 Å². The molecule has 0 spiro atoms. The van der Waals surface area contributed by atoms with Crippen molar-refractivity contribution < 1.29 is 44.7 Å². The number of aliphatic hydroxyl groups is 4. The number of nitrogens with zero attached hydrogens (tertiary/aromatic N) is 1. The number of alkyl halides is 1. The summed E-state index contributed by atoms with van der Waals surface area (Å²) < 4.78 is 0. The molecule has 3 aliphatic rings. The molecule has 0 aromatic heterocycles. The van der Waals surface area contributed by atoms with E-state index in [1.807, 2.05) is 0 Å². The summed E-state index contributed by atoms with van der Waals surface area (Å²) in [5.74, 6) is -10.3. The van der Waals surface area contributed by atoms with Crippen molar-refractivity contribution in [3.05, 3.63) is 40.2 Å². The molecule has 4 unspecified atom stereocenters. The van der Waals surface area contributed by atoms with Gasteiger partial charge in [0.15, 0.2) is 11.4 Å². The van der Waals surface area contributed by atoms with Gasteiger partial charge in [0.1, 0.15) is 22.8 Å². The van der Waals surface area contributed by atoms with Gasteiger partial charge in [-0.05, 0) is 31.6 Å². The Morgan fingerprint density at radius 2 is 1.81 bits per heavy atom. The molecule has 12 nitrogen and oxygen atoms in total. The Morgan fingerprint density at radius 1 is 1.19 bits per heavy atom. The number of anilines is 1. The average Bonchev–Trinajstić information content (AvgIpc) is 2.82. The molecule has 13 heteroatoms. The molecule has 4 rings (SSSR count). The first-order chi connectivity index (χ1) is 17.2. The first kappa shape index (κ1) is 26.8. The number of primary amides is 1. The van der Waals surface area contributed by atoms with E-state index < -0.39 is 87.3 Å². The second-order valence-electron chi connectivity index (χ2n) is 9.66. The highest BCUT2D eigenvalue weighted by atomic mass is 79.9. The summed E-state index contributed by atoms with van der Waals surface area (Å²) >= 11 is 2.99. The number of carbonyl (C=O) groups is 4. The SMILES string of the molecule is CC1c2ccc(NC(=O)CBr)c(O)c2C(O)=C2C(=O)[C@]3(O)C(O)=C(C(N)=O)C(=O)[C@@H](N(C)C)C3C(O)C21. The lowest BCUT2D eigenvalue weighted by atomic mass is 9.54. The standard InChI is InChI=1S/C24H26BrN3O9/c1-7-8-4-5-9(27-10(29)6-25)17(30)12(8)18(31)13-11(7)19(32)15-16(28(2)3)20(33)14(23(26)36)22(35)24(15,37)21(13)34/h4-5,7,11,15-16,19,30-32,35,37H,6H2,1-3H3,(H2,26,36)(H,27,29)/t7?,11?,15?,16-,19?,24-/m0/s1. The monoisotopic (exact) mass is 579 g/mol. The molecule has 0 aliphatic heterocycles. The van der Waals surface area contributed by atoms with Crippen LogP contribution < -0.4 is 11.1 Å². The van der Waals surface area contributed by atoms with Crippen molar-refractivity contribution in [3.8, 4) is 5.75 Å². The Bertz CT molecular complexity index is 1320. The highest BCUT2D eigenvalue weighted by molar-refractivity contribution is 9.09. The molecule has 1 saturated carbocycles. The van der Waals surface area contributed by atoms with Crippen LogP contribution in [0.2, 0.25) is 0 Å². The van der Waals surface area contributed by atoms with Gasteiger partial charge in [0, 0.05) is 11.5 Å². The normalized spacial score (nSPS) is 31.2. The number of benzene rings is 1. The van der Waals surface area contributed by atoms with Crippen LogP contribution in [0.25, 0.3) is 5.76 Å². The summed E-state index contributed by atoms with van der Waals surface area (Å²) in [5.41, 5.74) is 0.883. The fourth-order valence-electron chi connectivity index (χ4n) is 5.90. The zero-order valence-electron chi connectivity index (χ0n) is 20.0. The number of Topliss-reactive ketones (excluding diaryl/α,β-unsaturated/α-hetero) is 2. The van der Waals surface area contributed by atoms with Gasteiger partial charge in [-0.1, -0.05) is 28.9 Å². The Labute approximate surface area is 219 Å². The fraction of sp³-hybridized carbons (Fsp3) is 0.417. The number of amides is 2. The van der Waals surface area contributed by atoms with E-state index in [2.05, 4.69) is 21.2 Å². The molecular weight excluding hydrogens is 554 g/mol. The molecule has 198 valence electrons. The Hall–Kier alpha value is -3.26. The number of nitrogens with two attached hydrogens (primary N) is 1. The van der Waals surface area contributed by atoms with Gasteiger partial charge in [0.25, 0.3) is 5.91 Å². The maximum Gasteiger partial charge on any atom is 0.255 e. The number of halogens is 1. The lowest BCUT2D eigenvalue weighted by Crippen LogP contribution is -2.70. The number of rotatable bonds is 4. The van der Waals surface area contributed by atoms with Crippen molar-refractivity contribution in [1.29, 1.82) is 0 Å². The largest absolute Gasteiger partial charge is 0.508 e. The lowest BCUT2D eigenvalue weighted by molar-refractivity contribution is -0.169. The number of phenols is 1. The highest BCUT2D eigenvalue weighted by Crippen LogP contribution is 2.56. The molecule has 0 bridgehead atoms. The maximum atomic E-state index is 13.9. The molecule has 0 heterocycles. The smallest absolute Gasteiger partial charge is 0.255 e. The number of fused-ring (bicyclic) bond motifs is 3. The van der Waals surface area contributed by atoms with E-state index >= 15 is 0 Å². The molecule has 1 aromatic carbocycles. The average molecular weight is 580 g/mol. The minimum Gasteiger partial charge on any atom is -0.508 e. The van der Waals surface area contributed by atoms with Crippen molar-refractivity contribution in [2.45, 2.75) is 30.6 Å². The number of hydrogen-bond donors (Lipinski definition) is 7. The zero-order valence-corrected chi connectivity index (χ0v) is 21.6. The van der Waals surface area contributed by atoms with Crippen LogP contribution in [0.5, 0.6) is 5.75 Å². The molecule has 37 heavy (non-hydrogen) atoms. The van der Waals surface area contributed by atoms with E-state index in [1.165, 1.54) is 31.1 Å². The first-order valence-electron chi connectivity index (χ1n) is 11.3. The van der Waals surface area contributed by atoms with Gasteiger partial charge in [0.2, 0.25) is 11.7 Å².